The Morgan fingerprint density at radius 1 is 1.08 bits per heavy atom. The Bertz CT molecular complexity index is 1350. The molecule has 38 heavy (non-hydrogen) atoms. The van der Waals surface area contributed by atoms with E-state index >= 15 is 4.39 Å². The van der Waals surface area contributed by atoms with E-state index in [1.807, 2.05) is 20.8 Å². The van der Waals surface area contributed by atoms with Gasteiger partial charge in [0, 0.05) is 29.6 Å². The number of ether oxygens (including phenoxy) is 1. The lowest BCUT2D eigenvalue weighted by molar-refractivity contribution is -0.134. The van der Waals surface area contributed by atoms with Crippen molar-refractivity contribution in [3.63, 3.8) is 0 Å². The second-order valence-electron chi connectivity index (χ2n) is 10.4. The summed E-state index contributed by atoms with van der Waals surface area (Å²) in [6.45, 7) is 7.61. The van der Waals surface area contributed by atoms with Crippen molar-refractivity contribution >= 4 is 29.4 Å². The lowest BCUT2D eigenvalue weighted by Gasteiger charge is -2.30. The van der Waals surface area contributed by atoms with Crippen LogP contribution in [0.1, 0.15) is 42.8 Å². The SMILES string of the molecule is CC(C)(C)c1nn(-c2ccc(F)cc2)c2c1[C@H](c1ccccc1F)SCC(=O)N2CC(=O)N1CCOCC1. The molecule has 0 radical (unpaired) electrons. The number of anilines is 1. The molecule has 0 bridgehead atoms. The number of fused-ring (bicyclic) bond motifs is 1. The van der Waals surface area contributed by atoms with Gasteiger partial charge in [0.2, 0.25) is 11.8 Å². The molecular formula is C28H30F2N4O3S. The van der Waals surface area contributed by atoms with Crippen molar-refractivity contribution in [1.29, 1.82) is 0 Å². The van der Waals surface area contributed by atoms with Crippen molar-refractivity contribution in [1.82, 2.24) is 14.7 Å². The number of rotatable bonds is 4. The minimum atomic E-state index is -0.540. The van der Waals surface area contributed by atoms with E-state index in [-0.39, 0.29) is 29.9 Å². The van der Waals surface area contributed by atoms with E-state index in [1.165, 1.54) is 34.9 Å². The molecule has 0 saturated carbocycles. The first-order valence-electron chi connectivity index (χ1n) is 12.6. The highest BCUT2D eigenvalue weighted by Crippen LogP contribution is 2.48. The molecule has 1 saturated heterocycles. The van der Waals surface area contributed by atoms with Gasteiger partial charge in [-0.1, -0.05) is 39.0 Å². The molecule has 2 amide bonds. The molecule has 0 aliphatic carbocycles. The molecule has 7 nitrogen and oxygen atoms in total. The zero-order chi connectivity index (χ0) is 27.0. The lowest BCUT2D eigenvalue weighted by atomic mass is 9.87. The third-order valence-corrected chi connectivity index (χ3v) is 7.95. The number of amides is 2. The topological polar surface area (TPSA) is 67.7 Å². The summed E-state index contributed by atoms with van der Waals surface area (Å²) < 4.78 is 36.0. The third-order valence-electron chi connectivity index (χ3n) is 6.72. The van der Waals surface area contributed by atoms with Crippen LogP contribution in [0.4, 0.5) is 14.6 Å². The number of carbonyl (C=O) groups is 2. The van der Waals surface area contributed by atoms with E-state index in [0.717, 1.165) is 0 Å². The zero-order valence-corrected chi connectivity index (χ0v) is 22.4. The number of halogens is 2. The minimum Gasteiger partial charge on any atom is -0.378 e. The van der Waals surface area contributed by atoms with Crippen LogP contribution in [-0.2, 0) is 19.7 Å². The van der Waals surface area contributed by atoms with Gasteiger partial charge in [0.1, 0.15) is 24.0 Å². The Kier molecular flexibility index (Phi) is 7.28. The fourth-order valence-corrected chi connectivity index (χ4v) is 6.04. The van der Waals surface area contributed by atoms with E-state index in [2.05, 4.69) is 0 Å². The molecule has 3 aromatic rings. The van der Waals surface area contributed by atoms with Crippen LogP contribution in [-0.4, -0.2) is 65.1 Å². The van der Waals surface area contributed by atoms with Gasteiger partial charge in [0.15, 0.2) is 0 Å². The number of hydrogen-bond acceptors (Lipinski definition) is 5. The van der Waals surface area contributed by atoms with Gasteiger partial charge in [-0.3, -0.25) is 14.5 Å². The van der Waals surface area contributed by atoms with E-state index < -0.39 is 16.5 Å². The summed E-state index contributed by atoms with van der Waals surface area (Å²) in [6, 6.07) is 12.3. The van der Waals surface area contributed by atoms with Gasteiger partial charge in [-0.25, -0.2) is 13.5 Å². The third kappa shape index (κ3) is 5.07. The first kappa shape index (κ1) is 26.4. The summed E-state index contributed by atoms with van der Waals surface area (Å²) in [5, 5.41) is 4.39. The van der Waals surface area contributed by atoms with Crippen molar-refractivity contribution < 1.29 is 23.1 Å². The van der Waals surface area contributed by atoms with Gasteiger partial charge in [0.25, 0.3) is 0 Å². The first-order chi connectivity index (χ1) is 18.1. The van der Waals surface area contributed by atoms with E-state index in [9.17, 15) is 14.0 Å². The van der Waals surface area contributed by atoms with Crippen molar-refractivity contribution in [2.75, 3.05) is 43.5 Å². The van der Waals surface area contributed by atoms with Crippen molar-refractivity contribution in [3.05, 3.63) is 77.0 Å². The molecular weight excluding hydrogens is 510 g/mol. The summed E-state index contributed by atoms with van der Waals surface area (Å²) in [6.07, 6.45) is 0. The Morgan fingerprint density at radius 2 is 1.76 bits per heavy atom. The van der Waals surface area contributed by atoms with Crippen LogP contribution in [0.2, 0.25) is 0 Å². The van der Waals surface area contributed by atoms with Crippen LogP contribution in [0, 0.1) is 11.6 Å². The number of morpholine rings is 1. The van der Waals surface area contributed by atoms with E-state index in [4.69, 9.17) is 9.84 Å². The number of aromatic nitrogens is 2. The number of benzene rings is 2. The number of carbonyl (C=O) groups excluding carboxylic acids is 2. The summed E-state index contributed by atoms with van der Waals surface area (Å²) in [7, 11) is 0. The summed E-state index contributed by atoms with van der Waals surface area (Å²) >= 11 is 1.32. The maximum Gasteiger partial charge on any atom is 0.242 e. The Labute approximate surface area is 224 Å². The maximum absolute atomic E-state index is 15.2. The molecule has 200 valence electrons. The maximum atomic E-state index is 15.2. The van der Waals surface area contributed by atoms with Crippen LogP contribution in [0.3, 0.4) is 0 Å². The normalized spacial score (nSPS) is 18.3. The molecule has 2 aromatic carbocycles. The molecule has 1 fully saturated rings. The zero-order valence-electron chi connectivity index (χ0n) is 21.6. The van der Waals surface area contributed by atoms with Crippen LogP contribution in [0.25, 0.3) is 5.69 Å². The quantitative estimate of drug-likeness (QED) is 0.488. The van der Waals surface area contributed by atoms with Crippen LogP contribution in [0.15, 0.2) is 48.5 Å². The first-order valence-corrected chi connectivity index (χ1v) is 13.6. The predicted octanol–water partition coefficient (Wildman–Crippen LogP) is 4.48. The fraction of sp³-hybridized carbons (Fsp3) is 0.393. The number of nitrogens with zero attached hydrogens (tertiary/aromatic N) is 4. The molecule has 10 heteroatoms. The predicted molar refractivity (Wildman–Crippen MR) is 143 cm³/mol. The molecule has 5 rings (SSSR count). The summed E-state index contributed by atoms with van der Waals surface area (Å²) in [4.78, 5) is 30.2. The van der Waals surface area contributed by atoms with E-state index in [1.54, 1.807) is 39.9 Å². The van der Waals surface area contributed by atoms with Gasteiger partial charge in [0.05, 0.1) is 35.6 Å². The monoisotopic (exact) mass is 540 g/mol. The highest BCUT2D eigenvalue weighted by molar-refractivity contribution is 8.00. The van der Waals surface area contributed by atoms with Gasteiger partial charge < -0.3 is 9.64 Å². The molecule has 1 atom stereocenters. The summed E-state index contributed by atoms with van der Waals surface area (Å²) in [5.74, 6) is -0.802. The highest BCUT2D eigenvalue weighted by atomic mass is 32.2. The summed E-state index contributed by atoms with van der Waals surface area (Å²) in [5.41, 5.74) is 1.85. The molecule has 2 aliphatic rings. The van der Waals surface area contributed by atoms with Crippen LogP contribution < -0.4 is 4.90 Å². The molecule has 0 N–H and O–H groups in total. The molecule has 0 spiro atoms. The lowest BCUT2D eigenvalue weighted by Crippen LogP contribution is -2.48. The van der Waals surface area contributed by atoms with Crippen molar-refractivity contribution in [2.45, 2.75) is 31.4 Å². The fourth-order valence-electron chi connectivity index (χ4n) is 4.82. The minimum absolute atomic E-state index is 0.0527. The number of hydrogen-bond donors (Lipinski definition) is 0. The van der Waals surface area contributed by atoms with Gasteiger partial charge in [-0.05, 0) is 30.3 Å². The van der Waals surface area contributed by atoms with Gasteiger partial charge in [-0.2, -0.15) is 5.10 Å². The van der Waals surface area contributed by atoms with Gasteiger partial charge >= 0.3 is 0 Å². The highest BCUT2D eigenvalue weighted by Gasteiger charge is 2.41. The van der Waals surface area contributed by atoms with Gasteiger partial charge in [-0.15, -0.1) is 11.8 Å². The Balaban J connectivity index is 1.73. The van der Waals surface area contributed by atoms with Crippen LogP contribution in [0.5, 0.6) is 0 Å². The molecule has 1 aromatic heterocycles. The van der Waals surface area contributed by atoms with E-state index in [0.29, 0.717) is 54.6 Å². The van der Waals surface area contributed by atoms with Crippen LogP contribution >= 0.6 is 11.8 Å². The average Bonchev–Trinajstić information content (AvgIpc) is 3.24. The second-order valence-corrected chi connectivity index (χ2v) is 11.5. The average molecular weight is 541 g/mol. The van der Waals surface area contributed by atoms with Crippen molar-refractivity contribution in [2.24, 2.45) is 0 Å². The van der Waals surface area contributed by atoms with Crippen molar-refractivity contribution in [3.8, 4) is 5.69 Å². The molecule has 3 heterocycles. The molecule has 2 aliphatic heterocycles. The smallest absolute Gasteiger partial charge is 0.242 e. The standard InChI is InChI=1S/C28H30F2N4O3S/c1-28(2,3)26-24-25(20-6-4-5-7-21(20)30)38-17-23(36)33(16-22(35)32-12-14-37-15-13-32)27(24)34(31-26)19-10-8-18(29)9-11-19/h4-11,25H,12-17H2,1-3H3/t25-/m0/s1. The number of thioether (sulfide) groups is 1. The Hall–Kier alpha value is -3.24. The second kappa shape index (κ2) is 10.5. The molecule has 0 unspecified atom stereocenters. The Morgan fingerprint density at radius 3 is 2.42 bits per heavy atom. The largest absolute Gasteiger partial charge is 0.378 e.